The Morgan fingerprint density at radius 3 is 1.95 bits per heavy atom. The second-order valence-electron chi connectivity index (χ2n) is 11.2. The van der Waals surface area contributed by atoms with Gasteiger partial charge in [-0.25, -0.2) is 0 Å². The summed E-state index contributed by atoms with van der Waals surface area (Å²) in [5, 5.41) is 0. The monoisotopic (exact) mass is 602 g/mol. The summed E-state index contributed by atoms with van der Waals surface area (Å²) >= 11 is 0. The quantitative estimate of drug-likeness (QED) is 0.226. The van der Waals surface area contributed by atoms with Gasteiger partial charge in [-0.05, 0) is 83.2 Å². The van der Waals surface area contributed by atoms with E-state index in [1.165, 1.54) is 7.11 Å². The number of fused-ring (bicyclic) bond motifs is 1. The Hall–Kier alpha value is -3.90. The molecule has 0 saturated carbocycles. The molecule has 0 saturated heterocycles. The molecule has 1 aliphatic carbocycles. The van der Waals surface area contributed by atoms with Crippen LogP contribution in [0.15, 0.2) is 36.1 Å². The molecule has 1 aliphatic rings. The fourth-order valence-corrected chi connectivity index (χ4v) is 5.89. The van der Waals surface area contributed by atoms with Crippen LogP contribution in [-0.4, -0.2) is 47.1 Å². The van der Waals surface area contributed by atoms with E-state index in [4.69, 9.17) is 18.9 Å². The Morgan fingerprint density at radius 1 is 0.864 bits per heavy atom. The molecule has 1 unspecified atom stereocenters. The maximum absolute atomic E-state index is 12.5. The lowest BCUT2D eigenvalue weighted by Gasteiger charge is -2.23. The van der Waals surface area contributed by atoms with Gasteiger partial charge < -0.3 is 18.9 Å². The molecule has 0 N–H and O–H groups in total. The Labute approximate surface area is 264 Å². The molecule has 6 nitrogen and oxygen atoms in total. The molecule has 0 heterocycles. The normalized spacial score (nSPS) is 14.7. The third kappa shape index (κ3) is 7.07. The second-order valence-corrected chi connectivity index (χ2v) is 11.2. The fourth-order valence-electron chi connectivity index (χ4n) is 5.89. The number of carbonyl (C=O) groups excluding carboxylic acids is 2. The van der Waals surface area contributed by atoms with Gasteiger partial charge >= 0.3 is 0 Å². The third-order valence-corrected chi connectivity index (χ3v) is 7.88. The standard InChI is InChI=1S/C36H44O6.C2H6/c1-12-25-29(33(21(4)5)36(42-11)35(41-10)30(25)18-37)14-22(6)13-24-16-28-27(15-23(24)7)26(20(2)3)17-32(39-8)34(40-9)31(28)19-38;1-2/h12,14-21,32H,1,13H2,2-11H3;1-2H3/b22-14-;. The lowest BCUT2D eigenvalue weighted by molar-refractivity contribution is -0.103. The maximum atomic E-state index is 12.5. The number of ether oxygens (including phenoxy) is 4. The first-order valence-electron chi connectivity index (χ1n) is 15.2. The zero-order valence-electron chi connectivity index (χ0n) is 28.6. The molecule has 0 bridgehead atoms. The first-order valence-corrected chi connectivity index (χ1v) is 15.2. The van der Waals surface area contributed by atoms with Crippen molar-refractivity contribution in [3.63, 3.8) is 0 Å². The molecule has 0 spiro atoms. The summed E-state index contributed by atoms with van der Waals surface area (Å²) < 4.78 is 22.9. The Balaban J connectivity index is 0.00000330. The molecule has 1 atom stereocenters. The third-order valence-electron chi connectivity index (χ3n) is 7.88. The summed E-state index contributed by atoms with van der Waals surface area (Å²) in [5.74, 6) is 1.75. The summed E-state index contributed by atoms with van der Waals surface area (Å²) in [6.07, 6.45) is 7.66. The van der Waals surface area contributed by atoms with Crippen molar-refractivity contribution in [2.24, 2.45) is 5.92 Å². The Morgan fingerprint density at radius 2 is 1.50 bits per heavy atom. The molecule has 0 fully saturated rings. The van der Waals surface area contributed by atoms with E-state index >= 15 is 0 Å². The van der Waals surface area contributed by atoms with E-state index in [1.54, 1.807) is 27.4 Å². The van der Waals surface area contributed by atoms with Crippen LogP contribution in [0.2, 0.25) is 0 Å². The van der Waals surface area contributed by atoms with Crippen molar-refractivity contribution in [1.82, 2.24) is 0 Å². The number of aryl methyl sites for hydroxylation is 1. The lowest BCUT2D eigenvalue weighted by atomic mass is 9.85. The Bertz CT molecular complexity index is 1470. The van der Waals surface area contributed by atoms with Gasteiger partial charge in [0.2, 0.25) is 0 Å². The molecule has 0 aromatic heterocycles. The summed E-state index contributed by atoms with van der Waals surface area (Å²) in [4.78, 5) is 24.7. The molecule has 6 heteroatoms. The van der Waals surface area contributed by atoms with Gasteiger partial charge in [0, 0.05) is 12.7 Å². The van der Waals surface area contributed by atoms with Crippen LogP contribution in [0.4, 0.5) is 0 Å². The topological polar surface area (TPSA) is 71.1 Å². The van der Waals surface area contributed by atoms with E-state index < -0.39 is 6.10 Å². The number of allylic oxidation sites excluding steroid dienone is 3. The SMILES string of the molecule is C=Cc1c(C=O)c(OC)c(OC)c(C(C)C)c1/C=C(/C)Cc1cc2c(cc1C)C(C(C)C)=CC(OC)C(OC)=C2C=O.CC. The van der Waals surface area contributed by atoms with Gasteiger partial charge in [-0.15, -0.1) is 0 Å². The molecule has 3 rings (SSSR count). The van der Waals surface area contributed by atoms with Crippen molar-refractivity contribution in [1.29, 1.82) is 0 Å². The summed E-state index contributed by atoms with van der Waals surface area (Å²) in [7, 11) is 6.32. The van der Waals surface area contributed by atoms with Crippen LogP contribution in [0.3, 0.4) is 0 Å². The number of aldehydes is 2. The highest BCUT2D eigenvalue weighted by Gasteiger charge is 2.28. The highest BCUT2D eigenvalue weighted by Crippen LogP contribution is 2.45. The summed E-state index contributed by atoms with van der Waals surface area (Å²) in [6.45, 7) is 20.6. The molecule has 2 aromatic rings. The van der Waals surface area contributed by atoms with Crippen LogP contribution in [0.25, 0.3) is 23.3 Å². The van der Waals surface area contributed by atoms with Crippen LogP contribution in [0, 0.1) is 12.8 Å². The van der Waals surface area contributed by atoms with Crippen LogP contribution in [0.5, 0.6) is 11.5 Å². The predicted molar refractivity (Wildman–Crippen MR) is 183 cm³/mol. The molecule has 2 aromatic carbocycles. The molecule has 0 radical (unpaired) electrons. The van der Waals surface area contributed by atoms with Crippen molar-refractivity contribution in [2.75, 3.05) is 28.4 Å². The van der Waals surface area contributed by atoms with Crippen LogP contribution in [0.1, 0.15) is 104 Å². The van der Waals surface area contributed by atoms with Crippen LogP contribution in [-0.2, 0) is 20.7 Å². The van der Waals surface area contributed by atoms with Gasteiger partial charge in [-0.3, -0.25) is 9.59 Å². The molecule has 238 valence electrons. The maximum Gasteiger partial charge on any atom is 0.172 e. The average Bonchev–Trinajstić information content (AvgIpc) is 3.14. The van der Waals surface area contributed by atoms with Gasteiger partial charge in [0.15, 0.2) is 24.1 Å². The van der Waals surface area contributed by atoms with E-state index in [9.17, 15) is 9.59 Å². The van der Waals surface area contributed by atoms with E-state index in [2.05, 4.69) is 72.4 Å². The number of hydrogen-bond donors (Lipinski definition) is 0. The first kappa shape index (κ1) is 36.3. The van der Waals surface area contributed by atoms with Crippen molar-refractivity contribution in [3.05, 3.63) is 80.6 Å². The van der Waals surface area contributed by atoms with Crippen molar-refractivity contribution < 1.29 is 28.5 Å². The van der Waals surface area contributed by atoms with Gasteiger partial charge in [0.1, 0.15) is 11.9 Å². The minimum Gasteiger partial charge on any atom is -0.497 e. The second kappa shape index (κ2) is 16.2. The average molecular weight is 603 g/mol. The Kier molecular flexibility index (Phi) is 13.4. The van der Waals surface area contributed by atoms with Crippen LogP contribution >= 0.6 is 0 Å². The van der Waals surface area contributed by atoms with Gasteiger partial charge in [0.05, 0.1) is 32.5 Å². The zero-order chi connectivity index (χ0) is 33.3. The van der Waals surface area contributed by atoms with E-state index in [0.717, 1.165) is 57.1 Å². The number of hydrogen-bond acceptors (Lipinski definition) is 6. The van der Waals surface area contributed by atoms with E-state index in [-0.39, 0.29) is 11.8 Å². The minimum absolute atomic E-state index is 0.0873. The molecule has 0 aliphatic heterocycles. The van der Waals surface area contributed by atoms with Crippen molar-refractivity contribution >= 4 is 35.9 Å². The number of methoxy groups -OCH3 is 4. The highest BCUT2D eigenvalue weighted by atomic mass is 16.5. The molecule has 0 amide bonds. The fraction of sp³-hybridized carbons (Fsp3) is 0.421. The summed E-state index contributed by atoms with van der Waals surface area (Å²) in [6, 6.07) is 4.26. The van der Waals surface area contributed by atoms with Crippen molar-refractivity contribution in [3.8, 4) is 11.5 Å². The molecular weight excluding hydrogens is 552 g/mol. The van der Waals surface area contributed by atoms with Gasteiger partial charge in [0.25, 0.3) is 0 Å². The molecule has 44 heavy (non-hydrogen) atoms. The summed E-state index contributed by atoms with van der Waals surface area (Å²) in [5.41, 5.74) is 9.64. The highest BCUT2D eigenvalue weighted by molar-refractivity contribution is 6.11. The largest absolute Gasteiger partial charge is 0.497 e. The van der Waals surface area contributed by atoms with E-state index in [0.29, 0.717) is 40.4 Å². The van der Waals surface area contributed by atoms with Crippen LogP contribution < -0.4 is 9.47 Å². The number of carbonyl (C=O) groups is 2. The zero-order valence-corrected chi connectivity index (χ0v) is 28.6. The van der Waals surface area contributed by atoms with Gasteiger partial charge in [-0.1, -0.05) is 71.9 Å². The molecular formula is C38H50O6. The lowest BCUT2D eigenvalue weighted by Crippen LogP contribution is -2.14. The minimum atomic E-state index is -0.464. The van der Waals surface area contributed by atoms with E-state index in [1.807, 2.05) is 13.8 Å². The number of rotatable bonds is 12. The van der Waals surface area contributed by atoms with Gasteiger partial charge in [-0.2, -0.15) is 0 Å². The number of benzene rings is 2. The smallest absolute Gasteiger partial charge is 0.172 e. The first-order chi connectivity index (χ1) is 21.0. The van der Waals surface area contributed by atoms with Crippen molar-refractivity contribution in [2.45, 2.75) is 73.8 Å². The predicted octanol–water partition coefficient (Wildman–Crippen LogP) is 8.89.